The van der Waals surface area contributed by atoms with Crippen LogP contribution < -0.4 is 5.32 Å². The van der Waals surface area contributed by atoms with Crippen molar-refractivity contribution in [1.82, 2.24) is 9.88 Å². The van der Waals surface area contributed by atoms with Crippen LogP contribution in [0.3, 0.4) is 0 Å². The topological polar surface area (TPSA) is 54.5 Å². The Bertz CT molecular complexity index is 431. The van der Waals surface area contributed by atoms with Crippen LogP contribution in [0.5, 0.6) is 0 Å². The van der Waals surface area contributed by atoms with Gasteiger partial charge in [-0.15, -0.1) is 0 Å². The Morgan fingerprint density at radius 2 is 2.32 bits per heavy atom. The highest BCUT2D eigenvalue weighted by molar-refractivity contribution is 5.93. The molecular formula is C14H21N3O2. The second-order valence-corrected chi connectivity index (χ2v) is 5.14. The fraction of sp³-hybridized carbons (Fsp3) is 0.571. The van der Waals surface area contributed by atoms with Gasteiger partial charge in [0.15, 0.2) is 0 Å². The first kappa shape index (κ1) is 13.8. The van der Waals surface area contributed by atoms with Gasteiger partial charge in [-0.1, -0.05) is 0 Å². The number of nitrogens with one attached hydrogen (secondary N) is 1. The van der Waals surface area contributed by atoms with Crippen molar-refractivity contribution >= 4 is 11.7 Å². The summed E-state index contributed by atoms with van der Waals surface area (Å²) in [4.78, 5) is 17.5. The van der Waals surface area contributed by atoms with Crippen molar-refractivity contribution in [2.75, 3.05) is 32.6 Å². The van der Waals surface area contributed by atoms with Crippen molar-refractivity contribution in [2.24, 2.45) is 5.92 Å². The third-order valence-electron chi connectivity index (χ3n) is 3.50. The zero-order valence-corrected chi connectivity index (χ0v) is 11.7. The van der Waals surface area contributed by atoms with Gasteiger partial charge in [0.2, 0.25) is 0 Å². The molecule has 1 N–H and O–H groups in total. The van der Waals surface area contributed by atoms with E-state index in [1.165, 1.54) is 0 Å². The predicted octanol–water partition coefficient (Wildman–Crippen LogP) is 1.62. The normalized spacial score (nSPS) is 22.3. The molecule has 1 aliphatic rings. The third kappa shape index (κ3) is 3.44. The summed E-state index contributed by atoms with van der Waals surface area (Å²) >= 11 is 0. The minimum absolute atomic E-state index is 0.0307. The summed E-state index contributed by atoms with van der Waals surface area (Å²) in [5.74, 6) is 1.30. The van der Waals surface area contributed by atoms with Crippen molar-refractivity contribution in [3.05, 3.63) is 23.9 Å². The van der Waals surface area contributed by atoms with Crippen LogP contribution in [0.4, 0.5) is 5.82 Å². The minimum Gasteiger partial charge on any atom is -0.378 e. The summed E-state index contributed by atoms with van der Waals surface area (Å²) in [6.45, 7) is 3.80. The molecule has 2 heterocycles. The molecular weight excluding hydrogens is 242 g/mol. The Morgan fingerprint density at radius 1 is 1.53 bits per heavy atom. The first-order chi connectivity index (χ1) is 9.08. The summed E-state index contributed by atoms with van der Waals surface area (Å²) in [7, 11) is 3.46. The Balaban J connectivity index is 1.90. The number of hydrogen-bond donors (Lipinski definition) is 1. The number of amides is 1. The van der Waals surface area contributed by atoms with Crippen LogP contribution in [0, 0.1) is 5.92 Å². The van der Waals surface area contributed by atoms with Gasteiger partial charge in [0.05, 0.1) is 11.7 Å². The third-order valence-corrected chi connectivity index (χ3v) is 3.50. The summed E-state index contributed by atoms with van der Waals surface area (Å²) in [6, 6.07) is 3.64. The van der Waals surface area contributed by atoms with Gasteiger partial charge >= 0.3 is 0 Å². The van der Waals surface area contributed by atoms with Gasteiger partial charge in [0.1, 0.15) is 5.82 Å². The van der Waals surface area contributed by atoms with Crippen LogP contribution in [0.25, 0.3) is 0 Å². The summed E-state index contributed by atoms with van der Waals surface area (Å²) in [6.07, 6.45) is 3.01. The molecule has 0 radical (unpaired) electrons. The smallest absolute Gasteiger partial charge is 0.254 e. The molecule has 0 bridgehead atoms. The number of hydrogen-bond acceptors (Lipinski definition) is 4. The molecule has 1 aromatic heterocycles. The molecule has 1 aliphatic heterocycles. The van der Waals surface area contributed by atoms with E-state index < -0.39 is 0 Å². The zero-order chi connectivity index (χ0) is 13.8. The maximum atomic E-state index is 11.7. The van der Waals surface area contributed by atoms with Crippen LogP contribution >= 0.6 is 0 Å². The Kier molecular flexibility index (Phi) is 4.37. The van der Waals surface area contributed by atoms with E-state index in [4.69, 9.17) is 4.74 Å². The maximum Gasteiger partial charge on any atom is 0.254 e. The second-order valence-electron chi connectivity index (χ2n) is 5.14. The highest BCUT2D eigenvalue weighted by atomic mass is 16.5. The summed E-state index contributed by atoms with van der Waals surface area (Å²) < 4.78 is 5.52. The zero-order valence-electron chi connectivity index (χ0n) is 11.7. The molecule has 1 fully saturated rings. The highest BCUT2D eigenvalue weighted by Gasteiger charge is 2.23. The number of carbonyl (C=O) groups is 1. The number of aromatic nitrogens is 1. The molecule has 0 saturated carbocycles. The SMILES string of the molecule is CC1OCCC1CNc1ccc(C(=O)N(C)C)cn1. The number of carbonyl (C=O) groups excluding carboxylic acids is 1. The Labute approximate surface area is 114 Å². The largest absolute Gasteiger partial charge is 0.378 e. The van der Waals surface area contributed by atoms with E-state index in [2.05, 4.69) is 17.2 Å². The van der Waals surface area contributed by atoms with Crippen LogP contribution in [0.1, 0.15) is 23.7 Å². The molecule has 2 atom stereocenters. The van der Waals surface area contributed by atoms with Crippen molar-refractivity contribution in [3.63, 3.8) is 0 Å². The molecule has 19 heavy (non-hydrogen) atoms. The van der Waals surface area contributed by atoms with Gasteiger partial charge in [0.25, 0.3) is 5.91 Å². The van der Waals surface area contributed by atoms with E-state index in [0.717, 1.165) is 25.4 Å². The molecule has 0 aliphatic carbocycles. The molecule has 5 heteroatoms. The lowest BCUT2D eigenvalue weighted by Gasteiger charge is -2.15. The maximum absolute atomic E-state index is 11.7. The molecule has 1 aromatic rings. The molecule has 1 amide bonds. The number of anilines is 1. The van der Waals surface area contributed by atoms with Crippen LogP contribution in [0.15, 0.2) is 18.3 Å². The average molecular weight is 263 g/mol. The van der Waals surface area contributed by atoms with Gasteiger partial charge in [-0.05, 0) is 25.5 Å². The summed E-state index contributed by atoms with van der Waals surface area (Å²) in [5, 5.41) is 3.30. The molecule has 0 spiro atoms. The highest BCUT2D eigenvalue weighted by Crippen LogP contribution is 2.20. The van der Waals surface area contributed by atoms with E-state index in [0.29, 0.717) is 17.6 Å². The van der Waals surface area contributed by atoms with Crippen LogP contribution in [0.2, 0.25) is 0 Å². The first-order valence-electron chi connectivity index (χ1n) is 6.61. The lowest BCUT2D eigenvalue weighted by Crippen LogP contribution is -2.22. The monoisotopic (exact) mass is 263 g/mol. The van der Waals surface area contributed by atoms with Crippen LogP contribution in [-0.2, 0) is 4.74 Å². The van der Waals surface area contributed by atoms with Gasteiger partial charge in [-0.3, -0.25) is 4.79 Å². The second kappa shape index (κ2) is 6.02. The molecule has 1 saturated heterocycles. The Hall–Kier alpha value is -1.62. The molecule has 5 nitrogen and oxygen atoms in total. The fourth-order valence-corrected chi connectivity index (χ4v) is 2.16. The number of pyridine rings is 1. The number of ether oxygens (including phenoxy) is 1. The quantitative estimate of drug-likeness (QED) is 0.897. The average Bonchev–Trinajstić information content (AvgIpc) is 2.81. The van der Waals surface area contributed by atoms with Crippen molar-refractivity contribution in [2.45, 2.75) is 19.4 Å². The fourth-order valence-electron chi connectivity index (χ4n) is 2.16. The Morgan fingerprint density at radius 3 is 2.84 bits per heavy atom. The number of rotatable bonds is 4. The van der Waals surface area contributed by atoms with Gasteiger partial charge in [0, 0.05) is 39.4 Å². The first-order valence-corrected chi connectivity index (χ1v) is 6.61. The van der Waals surface area contributed by atoms with Gasteiger partial charge in [-0.25, -0.2) is 4.98 Å². The lowest BCUT2D eigenvalue weighted by atomic mass is 10.0. The molecule has 2 rings (SSSR count). The molecule has 2 unspecified atom stereocenters. The van der Waals surface area contributed by atoms with Crippen molar-refractivity contribution in [3.8, 4) is 0 Å². The molecule has 0 aromatic carbocycles. The standard InChI is InChI=1S/C14H21N3O2/c1-10-11(6-7-19-10)8-15-13-5-4-12(9-16-13)14(18)17(2)3/h4-5,9-11H,6-8H2,1-3H3,(H,15,16). The predicted molar refractivity (Wildman–Crippen MR) is 74.3 cm³/mol. The van der Waals surface area contributed by atoms with Gasteiger partial charge in [-0.2, -0.15) is 0 Å². The molecule has 104 valence electrons. The minimum atomic E-state index is -0.0307. The van der Waals surface area contributed by atoms with E-state index in [9.17, 15) is 4.79 Å². The van der Waals surface area contributed by atoms with Crippen LogP contribution in [-0.4, -0.2) is 49.1 Å². The van der Waals surface area contributed by atoms with Crippen molar-refractivity contribution in [1.29, 1.82) is 0 Å². The van der Waals surface area contributed by atoms with E-state index in [-0.39, 0.29) is 5.91 Å². The van der Waals surface area contributed by atoms with Crippen molar-refractivity contribution < 1.29 is 9.53 Å². The number of nitrogens with zero attached hydrogens (tertiary/aromatic N) is 2. The summed E-state index contributed by atoms with van der Waals surface area (Å²) in [5.41, 5.74) is 0.605. The van der Waals surface area contributed by atoms with Gasteiger partial charge < -0.3 is 15.0 Å². The van der Waals surface area contributed by atoms with E-state index >= 15 is 0 Å². The lowest BCUT2D eigenvalue weighted by molar-refractivity contribution is 0.0827. The van der Waals surface area contributed by atoms with E-state index in [1.807, 2.05) is 6.07 Å². The van der Waals surface area contributed by atoms with E-state index in [1.54, 1.807) is 31.3 Å².